The van der Waals surface area contributed by atoms with Crippen molar-refractivity contribution in [2.24, 2.45) is 7.05 Å². The summed E-state index contributed by atoms with van der Waals surface area (Å²) in [5.74, 6) is 1.60. The van der Waals surface area contributed by atoms with Gasteiger partial charge < -0.3 is 19.4 Å². The van der Waals surface area contributed by atoms with Gasteiger partial charge in [-0.25, -0.2) is 0 Å². The molecule has 0 saturated carbocycles. The van der Waals surface area contributed by atoms with Crippen molar-refractivity contribution in [2.45, 2.75) is 25.3 Å². The van der Waals surface area contributed by atoms with Gasteiger partial charge >= 0.3 is 0 Å². The van der Waals surface area contributed by atoms with Crippen LogP contribution < -0.4 is 14.8 Å². The summed E-state index contributed by atoms with van der Waals surface area (Å²) in [7, 11) is 5.25. The van der Waals surface area contributed by atoms with Gasteiger partial charge in [0, 0.05) is 18.0 Å². The zero-order chi connectivity index (χ0) is 19.0. The number of hydrogen-bond donors (Lipinski definition) is 1. The smallest absolute Gasteiger partial charge is 0.268 e. The van der Waals surface area contributed by atoms with Gasteiger partial charge in [0.2, 0.25) is 0 Å². The average Bonchev–Trinajstić information content (AvgIpc) is 3.03. The molecule has 0 unspecified atom stereocenters. The molecular formula is C22H24N2O3. The van der Waals surface area contributed by atoms with E-state index in [1.54, 1.807) is 14.2 Å². The van der Waals surface area contributed by atoms with Crippen molar-refractivity contribution in [3.63, 3.8) is 0 Å². The molecule has 1 atom stereocenters. The number of carbonyl (C=O) groups is 1. The van der Waals surface area contributed by atoms with Crippen molar-refractivity contribution in [1.29, 1.82) is 0 Å². The maximum absolute atomic E-state index is 13.0. The third kappa shape index (κ3) is 3.14. The average molecular weight is 364 g/mol. The maximum atomic E-state index is 13.0. The standard InChI is InChI=1S/C22H24N2O3/c1-24-20-10-8-17(27-3)12-15(20)13-21(24)22(25)23-19-6-4-5-14-11-16(26-2)7-9-18(14)19/h7-13,19H,4-6H2,1-3H3,(H,23,25)/t19-/m1/s1. The Balaban J connectivity index is 1.62. The van der Waals surface area contributed by atoms with Crippen molar-refractivity contribution in [3.05, 3.63) is 59.3 Å². The monoisotopic (exact) mass is 364 g/mol. The lowest BCUT2D eigenvalue weighted by Crippen LogP contribution is -2.32. The van der Waals surface area contributed by atoms with Gasteiger partial charge in [0.1, 0.15) is 17.2 Å². The summed E-state index contributed by atoms with van der Waals surface area (Å²) in [4.78, 5) is 13.0. The van der Waals surface area contributed by atoms with Crippen LogP contribution in [0.15, 0.2) is 42.5 Å². The summed E-state index contributed by atoms with van der Waals surface area (Å²) in [5, 5.41) is 4.22. The molecule has 1 amide bonds. The van der Waals surface area contributed by atoms with E-state index in [1.165, 1.54) is 11.1 Å². The molecular weight excluding hydrogens is 340 g/mol. The van der Waals surface area contributed by atoms with Crippen molar-refractivity contribution in [1.82, 2.24) is 9.88 Å². The Morgan fingerprint density at radius 3 is 2.59 bits per heavy atom. The van der Waals surface area contributed by atoms with Gasteiger partial charge in [0.15, 0.2) is 0 Å². The zero-order valence-corrected chi connectivity index (χ0v) is 15.9. The first kappa shape index (κ1) is 17.5. The SMILES string of the molecule is COc1ccc2c(c1)CCC[C@H]2NC(=O)c1cc2cc(OC)ccc2n1C. The fraction of sp³-hybridized carbons (Fsp3) is 0.318. The van der Waals surface area contributed by atoms with Gasteiger partial charge in [-0.3, -0.25) is 4.79 Å². The number of hydrogen-bond acceptors (Lipinski definition) is 3. The van der Waals surface area contributed by atoms with E-state index in [9.17, 15) is 4.79 Å². The van der Waals surface area contributed by atoms with Gasteiger partial charge in [-0.15, -0.1) is 0 Å². The summed E-state index contributed by atoms with van der Waals surface area (Å²) in [5.41, 5.74) is 4.11. The van der Waals surface area contributed by atoms with Crippen molar-refractivity contribution in [3.8, 4) is 11.5 Å². The third-order valence-corrected chi connectivity index (χ3v) is 5.45. The summed E-state index contributed by atoms with van der Waals surface area (Å²) < 4.78 is 12.6. The molecule has 0 fully saturated rings. The number of nitrogens with one attached hydrogen (secondary N) is 1. The Morgan fingerprint density at radius 2 is 1.81 bits per heavy atom. The molecule has 0 aliphatic heterocycles. The molecule has 1 aliphatic carbocycles. The van der Waals surface area contributed by atoms with Crippen LogP contribution in [-0.2, 0) is 13.5 Å². The van der Waals surface area contributed by atoms with Crippen molar-refractivity contribution in [2.75, 3.05) is 14.2 Å². The molecule has 2 aromatic carbocycles. The molecule has 0 radical (unpaired) electrons. The largest absolute Gasteiger partial charge is 0.497 e. The van der Waals surface area contributed by atoms with Crippen LogP contribution in [0.25, 0.3) is 10.9 Å². The second-order valence-electron chi connectivity index (χ2n) is 7.00. The number of nitrogens with zero attached hydrogens (tertiary/aromatic N) is 1. The number of methoxy groups -OCH3 is 2. The molecule has 1 aromatic heterocycles. The Hall–Kier alpha value is -2.95. The molecule has 0 bridgehead atoms. The van der Waals surface area contributed by atoms with E-state index in [0.29, 0.717) is 5.69 Å². The Kier molecular flexibility index (Phi) is 4.52. The Morgan fingerprint density at radius 1 is 1.07 bits per heavy atom. The molecule has 1 N–H and O–H groups in total. The molecule has 1 heterocycles. The lowest BCUT2D eigenvalue weighted by atomic mass is 9.87. The van der Waals surface area contributed by atoms with E-state index in [1.807, 2.05) is 41.9 Å². The minimum absolute atomic E-state index is 0.0275. The molecule has 140 valence electrons. The van der Waals surface area contributed by atoms with Crippen LogP contribution in [0.1, 0.15) is 40.5 Å². The molecule has 5 heteroatoms. The number of carbonyl (C=O) groups excluding carboxylic acids is 1. The topological polar surface area (TPSA) is 52.5 Å². The number of ether oxygens (including phenoxy) is 2. The van der Waals surface area contributed by atoms with Crippen LogP contribution in [0.4, 0.5) is 0 Å². The maximum Gasteiger partial charge on any atom is 0.268 e. The third-order valence-electron chi connectivity index (χ3n) is 5.45. The predicted octanol–water partition coefficient (Wildman–Crippen LogP) is 4.00. The number of rotatable bonds is 4. The molecule has 5 nitrogen and oxygen atoms in total. The first-order valence-corrected chi connectivity index (χ1v) is 9.22. The predicted molar refractivity (Wildman–Crippen MR) is 106 cm³/mol. The molecule has 0 saturated heterocycles. The molecule has 0 spiro atoms. The molecule has 1 aliphatic rings. The summed E-state index contributed by atoms with van der Waals surface area (Å²) in [6, 6.07) is 13.9. The second kappa shape index (κ2) is 6.99. The van der Waals surface area contributed by atoms with E-state index < -0.39 is 0 Å². The molecule has 27 heavy (non-hydrogen) atoms. The van der Waals surface area contributed by atoms with Gasteiger partial charge in [0.05, 0.1) is 20.3 Å². The first-order chi connectivity index (χ1) is 13.1. The highest BCUT2D eigenvalue weighted by atomic mass is 16.5. The number of fused-ring (bicyclic) bond motifs is 2. The van der Waals surface area contributed by atoms with Crippen molar-refractivity contribution >= 4 is 16.8 Å². The van der Waals surface area contributed by atoms with Crippen LogP contribution in [0.3, 0.4) is 0 Å². The van der Waals surface area contributed by atoms with Gasteiger partial charge in [0.25, 0.3) is 5.91 Å². The molecule has 3 aromatic rings. The van der Waals surface area contributed by atoms with Crippen LogP contribution in [0.5, 0.6) is 11.5 Å². The summed E-state index contributed by atoms with van der Waals surface area (Å²) in [6.07, 6.45) is 3.02. The quantitative estimate of drug-likeness (QED) is 0.761. The molecule has 4 rings (SSSR count). The van der Waals surface area contributed by atoms with Crippen molar-refractivity contribution < 1.29 is 14.3 Å². The highest BCUT2D eigenvalue weighted by Crippen LogP contribution is 2.32. The van der Waals surface area contributed by atoms with Gasteiger partial charge in [-0.05, 0) is 66.8 Å². The Bertz CT molecular complexity index is 1010. The number of benzene rings is 2. The van der Waals surface area contributed by atoms with E-state index in [-0.39, 0.29) is 11.9 Å². The fourth-order valence-electron chi connectivity index (χ4n) is 3.97. The fourth-order valence-corrected chi connectivity index (χ4v) is 3.97. The lowest BCUT2D eigenvalue weighted by molar-refractivity contribution is 0.0925. The zero-order valence-electron chi connectivity index (χ0n) is 15.9. The second-order valence-corrected chi connectivity index (χ2v) is 7.00. The normalized spacial score (nSPS) is 16.0. The minimum Gasteiger partial charge on any atom is -0.497 e. The van der Waals surface area contributed by atoms with E-state index >= 15 is 0 Å². The number of aryl methyl sites for hydroxylation is 2. The van der Waals surface area contributed by atoms with E-state index in [0.717, 1.165) is 41.7 Å². The van der Waals surface area contributed by atoms with E-state index in [2.05, 4.69) is 17.4 Å². The van der Waals surface area contributed by atoms with E-state index in [4.69, 9.17) is 9.47 Å². The summed E-state index contributed by atoms with van der Waals surface area (Å²) >= 11 is 0. The number of aromatic nitrogens is 1. The highest BCUT2D eigenvalue weighted by Gasteiger charge is 2.24. The van der Waals surface area contributed by atoms with Gasteiger partial charge in [-0.1, -0.05) is 6.07 Å². The first-order valence-electron chi connectivity index (χ1n) is 9.22. The number of amides is 1. The van der Waals surface area contributed by atoms with Crippen LogP contribution in [0.2, 0.25) is 0 Å². The van der Waals surface area contributed by atoms with Crippen LogP contribution in [0, 0.1) is 0 Å². The van der Waals surface area contributed by atoms with Crippen LogP contribution in [-0.4, -0.2) is 24.7 Å². The highest BCUT2D eigenvalue weighted by molar-refractivity contribution is 5.99. The lowest BCUT2D eigenvalue weighted by Gasteiger charge is -2.27. The van der Waals surface area contributed by atoms with Crippen LogP contribution >= 0.6 is 0 Å². The summed E-state index contributed by atoms with van der Waals surface area (Å²) in [6.45, 7) is 0. The van der Waals surface area contributed by atoms with Gasteiger partial charge in [-0.2, -0.15) is 0 Å². The Labute approximate surface area is 158 Å². The minimum atomic E-state index is -0.0543.